The monoisotopic (exact) mass is 321 g/mol. The minimum Gasteiger partial charge on any atom is -0.328 e. The number of nitrogens with zero attached hydrogens (tertiary/aromatic N) is 2. The summed E-state index contributed by atoms with van der Waals surface area (Å²) in [4.78, 5) is 22.5. The summed E-state index contributed by atoms with van der Waals surface area (Å²) >= 11 is 0. The molecule has 1 fully saturated rings. The van der Waals surface area contributed by atoms with Crippen LogP contribution in [0.5, 0.6) is 0 Å². The predicted molar refractivity (Wildman–Crippen MR) is 98.5 cm³/mol. The molecule has 4 heteroatoms. The number of nitrogens with one attached hydrogen (secondary N) is 1. The van der Waals surface area contributed by atoms with Crippen molar-refractivity contribution in [3.05, 3.63) is 52.1 Å². The lowest BCUT2D eigenvalue weighted by atomic mass is 9.97. The predicted octanol–water partition coefficient (Wildman–Crippen LogP) is 3.80. The molecular formula is C20H23N3O. The lowest BCUT2D eigenvalue weighted by Crippen LogP contribution is -2.18. The van der Waals surface area contributed by atoms with Crippen molar-refractivity contribution in [1.29, 1.82) is 0 Å². The standard InChI is InChI=1S/C20H23N3O/c1-13(2)19-15-6-5-14(12-23-9-3-4-10-23)11-16(15)18-17(22-19)7-8-21-20(18)24/h5-8,11,13H,3-4,9-10,12H2,1-2H3,(H,21,24). The van der Waals surface area contributed by atoms with Crippen molar-refractivity contribution >= 4 is 21.7 Å². The van der Waals surface area contributed by atoms with Crippen molar-refractivity contribution in [3.63, 3.8) is 0 Å². The largest absolute Gasteiger partial charge is 0.328 e. The summed E-state index contributed by atoms with van der Waals surface area (Å²) in [6.07, 6.45) is 4.26. The van der Waals surface area contributed by atoms with Crippen LogP contribution in [0.15, 0.2) is 35.3 Å². The lowest BCUT2D eigenvalue weighted by molar-refractivity contribution is 0.331. The Bertz CT molecular complexity index is 952. The van der Waals surface area contributed by atoms with Crippen LogP contribution in [-0.2, 0) is 6.54 Å². The van der Waals surface area contributed by atoms with Crippen LogP contribution in [0.1, 0.15) is 43.9 Å². The number of fused-ring (bicyclic) bond motifs is 3. The Morgan fingerprint density at radius 2 is 1.96 bits per heavy atom. The van der Waals surface area contributed by atoms with Gasteiger partial charge in [-0.25, -0.2) is 0 Å². The van der Waals surface area contributed by atoms with Crippen molar-refractivity contribution in [2.24, 2.45) is 0 Å². The highest BCUT2D eigenvalue weighted by atomic mass is 16.1. The number of H-pyrrole nitrogens is 1. The molecular weight excluding hydrogens is 298 g/mol. The number of pyridine rings is 2. The summed E-state index contributed by atoms with van der Waals surface area (Å²) in [5, 5.41) is 2.83. The molecule has 124 valence electrons. The van der Waals surface area contributed by atoms with Gasteiger partial charge in [0, 0.05) is 18.1 Å². The van der Waals surface area contributed by atoms with Crippen LogP contribution in [0.3, 0.4) is 0 Å². The van der Waals surface area contributed by atoms with Crippen LogP contribution in [0, 0.1) is 0 Å². The number of benzene rings is 1. The number of aromatic nitrogens is 2. The molecule has 0 amide bonds. The maximum atomic E-state index is 12.4. The molecule has 1 aromatic carbocycles. The molecule has 2 aromatic heterocycles. The molecule has 1 N–H and O–H groups in total. The molecule has 0 bridgehead atoms. The number of aromatic amines is 1. The van der Waals surface area contributed by atoms with Crippen LogP contribution >= 0.6 is 0 Å². The van der Waals surface area contributed by atoms with Crippen molar-refractivity contribution in [3.8, 4) is 0 Å². The molecule has 24 heavy (non-hydrogen) atoms. The van der Waals surface area contributed by atoms with Gasteiger partial charge in [0.15, 0.2) is 0 Å². The highest BCUT2D eigenvalue weighted by Gasteiger charge is 2.16. The first-order valence-electron chi connectivity index (χ1n) is 8.80. The van der Waals surface area contributed by atoms with Gasteiger partial charge in [0.25, 0.3) is 5.56 Å². The number of hydrogen-bond acceptors (Lipinski definition) is 3. The number of rotatable bonds is 3. The highest BCUT2D eigenvalue weighted by Crippen LogP contribution is 2.29. The molecule has 1 aliphatic heterocycles. The average Bonchev–Trinajstić information content (AvgIpc) is 3.06. The van der Waals surface area contributed by atoms with E-state index in [1.54, 1.807) is 6.20 Å². The van der Waals surface area contributed by atoms with Gasteiger partial charge in [0.1, 0.15) is 0 Å². The van der Waals surface area contributed by atoms with E-state index in [2.05, 4.69) is 41.9 Å². The molecule has 1 aliphatic rings. The summed E-state index contributed by atoms with van der Waals surface area (Å²) in [5.74, 6) is 0.320. The van der Waals surface area contributed by atoms with Crippen LogP contribution in [0.2, 0.25) is 0 Å². The van der Waals surface area contributed by atoms with Gasteiger partial charge in [-0.2, -0.15) is 0 Å². The second kappa shape index (κ2) is 6.02. The first-order chi connectivity index (χ1) is 11.6. The smallest absolute Gasteiger partial charge is 0.258 e. The fourth-order valence-electron chi connectivity index (χ4n) is 3.77. The van der Waals surface area contributed by atoms with Crippen molar-refractivity contribution < 1.29 is 0 Å². The Morgan fingerprint density at radius 3 is 2.71 bits per heavy atom. The first kappa shape index (κ1) is 15.3. The molecule has 0 saturated carbocycles. The van der Waals surface area contributed by atoms with Gasteiger partial charge in [0.2, 0.25) is 0 Å². The Morgan fingerprint density at radius 1 is 1.17 bits per heavy atom. The zero-order valence-corrected chi connectivity index (χ0v) is 14.3. The fraction of sp³-hybridized carbons (Fsp3) is 0.400. The summed E-state index contributed by atoms with van der Waals surface area (Å²) in [6.45, 7) is 7.61. The molecule has 3 aromatic rings. The molecule has 3 heterocycles. The third-order valence-corrected chi connectivity index (χ3v) is 4.96. The van der Waals surface area contributed by atoms with Gasteiger partial charge < -0.3 is 4.98 Å². The van der Waals surface area contributed by atoms with Gasteiger partial charge in [-0.15, -0.1) is 0 Å². The third-order valence-electron chi connectivity index (χ3n) is 4.96. The van der Waals surface area contributed by atoms with E-state index in [-0.39, 0.29) is 5.56 Å². The van der Waals surface area contributed by atoms with E-state index in [9.17, 15) is 4.79 Å². The summed E-state index contributed by atoms with van der Waals surface area (Å²) < 4.78 is 0. The van der Waals surface area contributed by atoms with E-state index >= 15 is 0 Å². The number of likely N-dealkylation sites (tertiary alicyclic amines) is 1. The summed E-state index contributed by atoms with van der Waals surface area (Å²) in [6, 6.07) is 8.43. The van der Waals surface area contributed by atoms with Crippen LogP contribution in [-0.4, -0.2) is 28.0 Å². The first-order valence-corrected chi connectivity index (χ1v) is 8.80. The van der Waals surface area contributed by atoms with Crippen molar-refractivity contribution in [2.45, 2.75) is 39.2 Å². The Kier molecular flexibility index (Phi) is 3.85. The molecule has 0 atom stereocenters. The molecule has 0 radical (unpaired) electrons. The van der Waals surface area contributed by atoms with E-state index in [1.165, 1.54) is 31.5 Å². The van der Waals surface area contributed by atoms with E-state index in [4.69, 9.17) is 4.98 Å². The maximum Gasteiger partial charge on any atom is 0.258 e. The molecule has 4 rings (SSSR count). The topological polar surface area (TPSA) is 49.0 Å². The summed E-state index contributed by atoms with van der Waals surface area (Å²) in [7, 11) is 0. The Hall–Kier alpha value is -2.20. The van der Waals surface area contributed by atoms with E-state index in [0.29, 0.717) is 11.3 Å². The SMILES string of the molecule is CC(C)c1nc2cc[nH]c(=O)c2c2cc(CN3CCCC3)ccc12. The van der Waals surface area contributed by atoms with Gasteiger partial charge in [-0.1, -0.05) is 26.0 Å². The maximum absolute atomic E-state index is 12.4. The van der Waals surface area contributed by atoms with Gasteiger partial charge in [-0.05, 0) is 54.9 Å². The molecule has 0 unspecified atom stereocenters. The molecule has 4 nitrogen and oxygen atoms in total. The summed E-state index contributed by atoms with van der Waals surface area (Å²) in [5.41, 5.74) is 3.07. The molecule has 1 saturated heterocycles. The Balaban J connectivity index is 1.95. The van der Waals surface area contributed by atoms with Crippen molar-refractivity contribution in [1.82, 2.24) is 14.9 Å². The normalized spacial score (nSPS) is 15.8. The molecule has 0 aliphatic carbocycles. The lowest BCUT2D eigenvalue weighted by Gasteiger charge is -2.16. The third kappa shape index (κ3) is 2.61. The van der Waals surface area contributed by atoms with Crippen LogP contribution in [0.4, 0.5) is 0 Å². The zero-order valence-electron chi connectivity index (χ0n) is 14.3. The van der Waals surface area contributed by atoms with E-state index < -0.39 is 0 Å². The molecule has 0 spiro atoms. The van der Waals surface area contributed by atoms with Crippen LogP contribution < -0.4 is 5.56 Å². The minimum atomic E-state index is -0.0568. The van der Waals surface area contributed by atoms with Crippen LogP contribution in [0.25, 0.3) is 21.7 Å². The average molecular weight is 321 g/mol. The highest BCUT2D eigenvalue weighted by molar-refractivity contribution is 6.06. The zero-order chi connectivity index (χ0) is 16.7. The minimum absolute atomic E-state index is 0.0568. The quantitative estimate of drug-likeness (QED) is 0.747. The van der Waals surface area contributed by atoms with Gasteiger partial charge >= 0.3 is 0 Å². The Labute approximate surface area is 141 Å². The second-order valence-electron chi connectivity index (χ2n) is 7.08. The van der Waals surface area contributed by atoms with Gasteiger partial charge in [0.05, 0.1) is 16.6 Å². The fourth-order valence-corrected chi connectivity index (χ4v) is 3.77. The van der Waals surface area contributed by atoms with E-state index in [0.717, 1.165) is 28.5 Å². The second-order valence-corrected chi connectivity index (χ2v) is 7.08. The van der Waals surface area contributed by atoms with E-state index in [1.807, 2.05) is 6.07 Å². The van der Waals surface area contributed by atoms with Gasteiger partial charge in [-0.3, -0.25) is 14.7 Å². The number of hydrogen-bond donors (Lipinski definition) is 1. The van der Waals surface area contributed by atoms with Crippen molar-refractivity contribution in [2.75, 3.05) is 13.1 Å².